The Morgan fingerprint density at radius 3 is 3.06 bits per heavy atom. The lowest BCUT2D eigenvalue weighted by Gasteiger charge is -2.06. The molecule has 1 aromatic heterocycles. The van der Waals surface area contributed by atoms with Gasteiger partial charge in [0.15, 0.2) is 0 Å². The first-order chi connectivity index (χ1) is 8.24. The van der Waals surface area contributed by atoms with E-state index in [1.54, 1.807) is 18.3 Å². The Labute approximate surface area is 108 Å². The molecule has 0 radical (unpaired) electrons. The molecule has 1 N–H and O–H groups in total. The maximum Gasteiger partial charge on any atom is 0.252 e. The number of para-hydroxylation sites is 1. The molecule has 0 bridgehead atoms. The van der Waals surface area contributed by atoms with E-state index in [2.05, 4.69) is 32.8 Å². The highest BCUT2D eigenvalue weighted by Crippen LogP contribution is 2.24. The SMILES string of the molecule is C=CCNC(=O)c1ccnc2c(Br)cccc12. The molecule has 1 amide bonds. The van der Waals surface area contributed by atoms with E-state index < -0.39 is 0 Å². The summed E-state index contributed by atoms with van der Waals surface area (Å²) < 4.78 is 0.883. The van der Waals surface area contributed by atoms with Gasteiger partial charge in [-0.15, -0.1) is 6.58 Å². The van der Waals surface area contributed by atoms with Gasteiger partial charge in [-0.05, 0) is 28.1 Å². The monoisotopic (exact) mass is 290 g/mol. The minimum absolute atomic E-state index is 0.115. The number of hydrogen-bond acceptors (Lipinski definition) is 2. The third kappa shape index (κ3) is 2.36. The smallest absolute Gasteiger partial charge is 0.252 e. The molecule has 0 aliphatic rings. The lowest BCUT2D eigenvalue weighted by atomic mass is 10.1. The van der Waals surface area contributed by atoms with Crippen molar-refractivity contribution in [1.82, 2.24) is 10.3 Å². The van der Waals surface area contributed by atoms with Crippen molar-refractivity contribution >= 4 is 32.7 Å². The number of fused-ring (bicyclic) bond motifs is 1. The molecule has 2 aromatic rings. The van der Waals surface area contributed by atoms with Crippen LogP contribution in [0.1, 0.15) is 10.4 Å². The van der Waals surface area contributed by atoms with E-state index >= 15 is 0 Å². The second-order valence-electron chi connectivity index (χ2n) is 3.49. The third-order valence-electron chi connectivity index (χ3n) is 2.37. The Morgan fingerprint density at radius 1 is 1.47 bits per heavy atom. The summed E-state index contributed by atoms with van der Waals surface area (Å²) in [5, 5.41) is 3.60. The van der Waals surface area contributed by atoms with E-state index in [1.807, 2.05) is 18.2 Å². The largest absolute Gasteiger partial charge is 0.349 e. The van der Waals surface area contributed by atoms with Crippen molar-refractivity contribution in [3.05, 3.63) is 53.2 Å². The van der Waals surface area contributed by atoms with E-state index in [1.165, 1.54) is 0 Å². The molecule has 0 aliphatic heterocycles. The van der Waals surface area contributed by atoms with Crippen molar-refractivity contribution in [2.75, 3.05) is 6.54 Å². The van der Waals surface area contributed by atoms with Crippen LogP contribution in [0.5, 0.6) is 0 Å². The zero-order valence-corrected chi connectivity index (χ0v) is 10.7. The van der Waals surface area contributed by atoms with Gasteiger partial charge in [0.05, 0.1) is 11.1 Å². The molecule has 0 aliphatic carbocycles. The van der Waals surface area contributed by atoms with Crippen LogP contribution in [0.4, 0.5) is 0 Å². The molecule has 0 fully saturated rings. The molecule has 1 aromatic carbocycles. The highest BCUT2D eigenvalue weighted by molar-refractivity contribution is 9.10. The Balaban J connectivity index is 2.51. The van der Waals surface area contributed by atoms with Gasteiger partial charge >= 0.3 is 0 Å². The van der Waals surface area contributed by atoms with E-state index in [0.29, 0.717) is 12.1 Å². The van der Waals surface area contributed by atoms with E-state index in [4.69, 9.17) is 0 Å². The van der Waals surface area contributed by atoms with Gasteiger partial charge in [-0.3, -0.25) is 9.78 Å². The Kier molecular flexibility index (Phi) is 3.54. The third-order valence-corrected chi connectivity index (χ3v) is 3.01. The average molecular weight is 291 g/mol. The van der Waals surface area contributed by atoms with Crippen LogP contribution in [0.15, 0.2) is 47.6 Å². The fourth-order valence-corrected chi connectivity index (χ4v) is 2.07. The number of benzene rings is 1. The van der Waals surface area contributed by atoms with Crippen LogP contribution in [0.25, 0.3) is 10.9 Å². The number of carbonyl (C=O) groups is 1. The molecule has 0 saturated heterocycles. The molecular weight excluding hydrogens is 280 g/mol. The van der Waals surface area contributed by atoms with Gasteiger partial charge < -0.3 is 5.32 Å². The van der Waals surface area contributed by atoms with Crippen LogP contribution < -0.4 is 5.32 Å². The summed E-state index contributed by atoms with van der Waals surface area (Å²) in [6, 6.07) is 7.39. The molecule has 86 valence electrons. The summed E-state index contributed by atoms with van der Waals surface area (Å²) in [5.41, 5.74) is 1.41. The predicted octanol–water partition coefficient (Wildman–Crippen LogP) is 2.91. The standard InChI is InChI=1S/C13H11BrN2O/c1-2-7-16-13(17)10-6-8-15-12-9(10)4-3-5-11(12)14/h2-6,8H,1,7H2,(H,16,17). The number of rotatable bonds is 3. The van der Waals surface area contributed by atoms with Crippen LogP contribution in [-0.2, 0) is 0 Å². The molecule has 3 nitrogen and oxygen atoms in total. The molecular formula is C13H11BrN2O. The van der Waals surface area contributed by atoms with Crippen molar-refractivity contribution in [3.63, 3.8) is 0 Å². The zero-order chi connectivity index (χ0) is 12.3. The quantitative estimate of drug-likeness (QED) is 0.883. The molecule has 0 unspecified atom stereocenters. The normalized spacial score (nSPS) is 10.2. The molecule has 0 saturated carbocycles. The van der Waals surface area contributed by atoms with Crippen LogP contribution in [-0.4, -0.2) is 17.4 Å². The number of aromatic nitrogens is 1. The number of hydrogen-bond donors (Lipinski definition) is 1. The molecule has 0 spiro atoms. The second-order valence-corrected chi connectivity index (χ2v) is 4.35. The molecule has 17 heavy (non-hydrogen) atoms. The lowest BCUT2D eigenvalue weighted by molar-refractivity contribution is 0.0959. The van der Waals surface area contributed by atoms with E-state index in [0.717, 1.165) is 15.4 Å². The Morgan fingerprint density at radius 2 is 2.29 bits per heavy atom. The Bertz CT molecular complexity index is 581. The number of nitrogens with one attached hydrogen (secondary N) is 1. The average Bonchev–Trinajstić information content (AvgIpc) is 2.36. The first kappa shape index (κ1) is 11.8. The van der Waals surface area contributed by atoms with Crippen molar-refractivity contribution < 1.29 is 4.79 Å². The van der Waals surface area contributed by atoms with Crippen LogP contribution in [0.3, 0.4) is 0 Å². The highest BCUT2D eigenvalue weighted by atomic mass is 79.9. The van der Waals surface area contributed by atoms with Gasteiger partial charge in [-0.25, -0.2) is 0 Å². The Hall–Kier alpha value is -1.68. The number of amides is 1. The predicted molar refractivity (Wildman–Crippen MR) is 72.0 cm³/mol. The first-order valence-corrected chi connectivity index (χ1v) is 5.95. The minimum atomic E-state index is -0.115. The molecule has 2 rings (SSSR count). The van der Waals surface area contributed by atoms with Crippen LogP contribution in [0.2, 0.25) is 0 Å². The number of carbonyl (C=O) groups excluding carboxylic acids is 1. The fraction of sp³-hybridized carbons (Fsp3) is 0.0769. The van der Waals surface area contributed by atoms with Crippen molar-refractivity contribution in [1.29, 1.82) is 0 Å². The summed E-state index contributed by atoms with van der Waals surface area (Å²) in [5.74, 6) is -0.115. The van der Waals surface area contributed by atoms with Crippen molar-refractivity contribution in [3.8, 4) is 0 Å². The number of nitrogens with zero attached hydrogens (tertiary/aromatic N) is 1. The van der Waals surface area contributed by atoms with Crippen molar-refractivity contribution in [2.24, 2.45) is 0 Å². The summed E-state index contributed by atoms with van der Waals surface area (Å²) in [6.07, 6.45) is 3.28. The van der Waals surface area contributed by atoms with Crippen molar-refractivity contribution in [2.45, 2.75) is 0 Å². The maximum absolute atomic E-state index is 11.9. The number of halogens is 1. The van der Waals surface area contributed by atoms with Gasteiger partial charge in [0, 0.05) is 22.6 Å². The zero-order valence-electron chi connectivity index (χ0n) is 9.11. The summed E-state index contributed by atoms with van der Waals surface area (Å²) in [4.78, 5) is 16.2. The van der Waals surface area contributed by atoms with E-state index in [9.17, 15) is 4.79 Å². The maximum atomic E-state index is 11.9. The number of pyridine rings is 1. The minimum Gasteiger partial charge on any atom is -0.349 e. The molecule has 0 atom stereocenters. The first-order valence-electron chi connectivity index (χ1n) is 5.16. The fourth-order valence-electron chi connectivity index (χ4n) is 1.60. The summed E-state index contributed by atoms with van der Waals surface area (Å²) in [6.45, 7) is 4.02. The van der Waals surface area contributed by atoms with Crippen LogP contribution in [0, 0.1) is 0 Å². The second kappa shape index (κ2) is 5.10. The lowest BCUT2D eigenvalue weighted by Crippen LogP contribution is -2.23. The highest BCUT2D eigenvalue weighted by Gasteiger charge is 2.10. The van der Waals surface area contributed by atoms with Crippen LogP contribution >= 0.6 is 15.9 Å². The van der Waals surface area contributed by atoms with Gasteiger partial charge in [0.25, 0.3) is 5.91 Å². The summed E-state index contributed by atoms with van der Waals surface area (Å²) >= 11 is 3.42. The van der Waals surface area contributed by atoms with Gasteiger partial charge in [0.2, 0.25) is 0 Å². The van der Waals surface area contributed by atoms with Gasteiger partial charge in [0.1, 0.15) is 0 Å². The topological polar surface area (TPSA) is 42.0 Å². The van der Waals surface area contributed by atoms with Gasteiger partial charge in [-0.2, -0.15) is 0 Å². The summed E-state index contributed by atoms with van der Waals surface area (Å²) in [7, 11) is 0. The molecule has 1 heterocycles. The van der Waals surface area contributed by atoms with E-state index in [-0.39, 0.29) is 5.91 Å². The molecule has 4 heteroatoms. The van der Waals surface area contributed by atoms with Gasteiger partial charge in [-0.1, -0.05) is 18.2 Å².